The van der Waals surface area contributed by atoms with E-state index in [-0.39, 0.29) is 11.9 Å². The summed E-state index contributed by atoms with van der Waals surface area (Å²) in [4.78, 5) is 14.3. The molecule has 1 unspecified atom stereocenters. The number of nitrogens with one attached hydrogen (secondary N) is 2. The van der Waals surface area contributed by atoms with Crippen molar-refractivity contribution in [3.8, 4) is 0 Å². The molecule has 0 aromatic heterocycles. The van der Waals surface area contributed by atoms with Crippen LogP contribution in [-0.4, -0.2) is 43.5 Å². The minimum atomic E-state index is 0.156. The number of rotatable bonds is 3. The van der Waals surface area contributed by atoms with Gasteiger partial charge in [-0.2, -0.15) is 0 Å². The third-order valence-electron chi connectivity index (χ3n) is 4.04. The Labute approximate surface area is 114 Å². The molecule has 1 heterocycles. The lowest BCUT2D eigenvalue weighted by Crippen LogP contribution is -2.47. The predicted octanol–water partition coefficient (Wildman–Crippen LogP) is 0.695. The normalized spacial score (nSPS) is 23.1. The first kappa shape index (κ1) is 12.6. The number of nitrogens with zero attached hydrogens (tertiary/aromatic N) is 1. The predicted molar refractivity (Wildman–Crippen MR) is 75.0 cm³/mol. The van der Waals surface area contributed by atoms with Crippen molar-refractivity contribution in [2.45, 2.75) is 18.9 Å². The third kappa shape index (κ3) is 2.96. The smallest absolute Gasteiger partial charge is 0.234 e. The number of aryl methyl sites for hydroxylation is 1. The molecule has 1 fully saturated rings. The maximum Gasteiger partial charge on any atom is 0.234 e. The number of fused-ring (bicyclic) bond motifs is 1. The summed E-state index contributed by atoms with van der Waals surface area (Å²) < 4.78 is 0. The summed E-state index contributed by atoms with van der Waals surface area (Å²) in [5.41, 5.74) is 2.69. The Morgan fingerprint density at radius 3 is 2.95 bits per heavy atom. The molecule has 1 amide bonds. The van der Waals surface area contributed by atoms with Crippen molar-refractivity contribution in [2.75, 3.05) is 32.7 Å². The van der Waals surface area contributed by atoms with Crippen molar-refractivity contribution in [1.29, 1.82) is 0 Å². The van der Waals surface area contributed by atoms with E-state index in [4.69, 9.17) is 0 Å². The van der Waals surface area contributed by atoms with Crippen molar-refractivity contribution in [2.24, 2.45) is 0 Å². The molecule has 2 aliphatic rings. The Hall–Kier alpha value is -1.39. The van der Waals surface area contributed by atoms with Gasteiger partial charge in [-0.05, 0) is 24.0 Å². The van der Waals surface area contributed by atoms with E-state index in [1.54, 1.807) is 0 Å². The molecule has 0 bridgehead atoms. The second-order valence-corrected chi connectivity index (χ2v) is 5.38. The molecular weight excluding hydrogens is 238 g/mol. The van der Waals surface area contributed by atoms with Crippen LogP contribution in [0.15, 0.2) is 24.3 Å². The summed E-state index contributed by atoms with van der Waals surface area (Å²) >= 11 is 0. The summed E-state index contributed by atoms with van der Waals surface area (Å²) in [6.07, 6.45) is 2.11. The van der Waals surface area contributed by atoms with Gasteiger partial charge in [-0.3, -0.25) is 9.69 Å². The van der Waals surface area contributed by atoms with Crippen LogP contribution in [0.25, 0.3) is 0 Å². The molecule has 1 aliphatic heterocycles. The Balaban J connectivity index is 1.55. The third-order valence-corrected chi connectivity index (χ3v) is 4.04. The van der Waals surface area contributed by atoms with E-state index in [1.807, 2.05) is 0 Å². The van der Waals surface area contributed by atoms with Gasteiger partial charge in [0.15, 0.2) is 0 Å². The summed E-state index contributed by atoms with van der Waals surface area (Å²) in [5, 5.41) is 6.48. The fraction of sp³-hybridized carbons (Fsp3) is 0.533. The minimum absolute atomic E-state index is 0.156. The molecule has 102 valence electrons. The highest BCUT2D eigenvalue weighted by atomic mass is 16.2. The van der Waals surface area contributed by atoms with Gasteiger partial charge in [0.05, 0.1) is 12.6 Å². The van der Waals surface area contributed by atoms with Crippen LogP contribution in [0.2, 0.25) is 0 Å². The van der Waals surface area contributed by atoms with Crippen LogP contribution < -0.4 is 10.6 Å². The quantitative estimate of drug-likeness (QED) is 0.839. The Morgan fingerprint density at radius 1 is 1.32 bits per heavy atom. The standard InChI is InChI=1S/C15H21N3O/c19-15(11-18-9-7-16-8-10-18)17-14-6-5-12-3-1-2-4-13(12)14/h1-4,14,16H,5-11H2,(H,17,19). The monoisotopic (exact) mass is 259 g/mol. The van der Waals surface area contributed by atoms with Crippen LogP contribution in [0.4, 0.5) is 0 Å². The topological polar surface area (TPSA) is 44.4 Å². The van der Waals surface area contributed by atoms with Gasteiger partial charge in [-0.25, -0.2) is 0 Å². The fourth-order valence-corrected chi connectivity index (χ4v) is 3.02. The maximum atomic E-state index is 12.1. The molecule has 1 aliphatic carbocycles. The van der Waals surface area contributed by atoms with E-state index >= 15 is 0 Å². The lowest BCUT2D eigenvalue weighted by molar-refractivity contribution is -0.123. The molecule has 3 rings (SSSR count). The molecule has 2 N–H and O–H groups in total. The van der Waals surface area contributed by atoms with Gasteiger partial charge >= 0.3 is 0 Å². The molecule has 1 aromatic rings. The van der Waals surface area contributed by atoms with E-state index in [0.29, 0.717) is 6.54 Å². The number of piperazine rings is 1. The second-order valence-electron chi connectivity index (χ2n) is 5.38. The van der Waals surface area contributed by atoms with Crippen LogP contribution in [0.1, 0.15) is 23.6 Å². The highest BCUT2D eigenvalue weighted by molar-refractivity contribution is 5.78. The van der Waals surface area contributed by atoms with Crippen molar-refractivity contribution in [3.63, 3.8) is 0 Å². The van der Waals surface area contributed by atoms with Gasteiger partial charge in [-0.15, -0.1) is 0 Å². The lowest BCUT2D eigenvalue weighted by atomic mass is 10.1. The number of amides is 1. The first-order valence-electron chi connectivity index (χ1n) is 7.13. The summed E-state index contributed by atoms with van der Waals surface area (Å²) in [6, 6.07) is 8.64. The molecule has 4 nitrogen and oxygen atoms in total. The average Bonchev–Trinajstić information content (AvgIpc) is 2.83. The summed E-state index contributed by atoms with van der Waals surface area (Å²) in [6.45, 7) is 4.43. The van der Waals surface area contributed by atoms with Crippen LogP contribution in [0, 0.1) is 0 Å². The zero-order valence-corrected chi connectivity index (χ0v) is 11.2. The number of benzene rings is 1. The first-order chi connectivity index (χ1) is 9.33. The molecule has 19 heavy (non-hydrogen) atoms. The maximum absolute atomic E-state index is 12.1. The van der Waals surface area contributed by atoms with Crippen LogP contribution in [-0.2, 0) is 11.2 Å². The Kier molecular flexibility index (Phi) is 3.80. The van der Waals surface area contributed by atoms with Gasteiger partial charge in [0.2, 0.25) is 5.91 Å². The molecular formula is C15H21N3O. The molecule has 0 spiro atoms. The average molecular weight is 259 g/mol. The zero-order chi connectivity index (χ0) is 13.1. The number of carbonyl (C=O) groups excluding carboxylic acids is 1. The number of carbonyl (C=O) groups is 1. The van der Waals surface area contributed by atoms with Gasteiger partial charge in [0.1, 0.15) is 0 Å². The molecule has 1 aromatic carbocycles. The molecule has 4 heteroatoms. The largest absolute Gasteiger partial charge is 0.348 e. The first-order valence-corrected chi connectivity index (χ1v) is 7.13. The van der Waals surface area contributed by atoms with Crippen LogP contribution in [0.5, 0.6) is 0 Å². The van der Waals surface area contributed by atoms with Crippen molar-refractivity contribution < 1.29 is 4.79 Å². The highest BCUT2D eigenvalue weighted by Crippen LogP contribution is 2.30. The van der Waals surface area contributed by atoms with Gasteiger partial charge in [-0.1, -0.05) is 24.3 Å². The molecule has 0 saturated carbocycles. The minimum Gasteiger partial charge on any atom is -0.348 e. The summed E-state index contributed by atoms with van der Waals surface area (Å²) in [7, 11) is 0. The number of hydrogen-bond donors (Lipinski definition) is 2. The Morgan fingerprint density at radius 2 is 2.11 bits per heavy atom. The van der Waals surface area contributed by atoms with E-state index in [0.717, 1.165) is 39.0 Å². The van der Waals surface area contributed by atoms with E-state index in [9.17, 15) is 4.79 Å². The van der Waals surface area contributed by atoms with Crippen molar-refractivity contribution >= 4 is 5.91 Å². The van der Waals surface area contributed by atoms with Gasteiger partial charge in [0.25, 0.3) is 0 Å². The van der Waals surface area contributed by atoms with Crippen LogP contribution >= 0.6 is 0 Å². The van der Waals surface area contributed by atoms with Gasteiger partial charge in [0, 0.05) is 26.2 Å². The second kappa shape index (κ2) is 5.72. The van der Waals surface area contributed by atoms with E-state index in [2.05, 4.69) is 39.8 Å². The SMILES string of the molecule is O=C(CN1CCNCC1)NC1CCc2ccccc21. The molecule has 1 saturated heterocycles. The van der Waals surface area contributed by atoms with Crippen molar-refractivity contribution in [1.82, 2.24) is 15.5 Å². The molecule has 1 atom stereocenters. The zero-order valence-electron chi connectivity index (χ0n) is 11.2. The lowest BCUT2D eigenvalue weighted by Gasteiger charge is -2.27. The van der Waals surface area contributed by atoms with Crippen molar-refractivity contribution in [3.05, 3.63) is 35.4 Å². The van der Waals surface area contributed by atoms with E-state index in [1.165, 1.54) is 11.1 Å². The highest BCUT2D eigenvalue weighted by Gasteiger charge is 2.24. The van der Waals surface area contributed by atoms with Gasteiger partial charge < -0.3 is 10.6 Å². The van der Waals surface area contributed by atoms with E-state index < -0.39 is 0 Å². The van der Waals surface area contributed by atoms with Crippen LogP contribution in [0.3, 0.4) is 0 Å². The summed E-state index contributed by atoms with van der Waals surface area (Å²) in [5.74, 6) is 0.156. The fourth-order valence-electron chi connectivity index (χ4n) is 3.02. The molecule has 0 radical (unpaired) electrons. The number of hydrogen-bond acceptors (Lipinski definition) is 3. The Bertz CT molecular complexity index is 454.